The monoisotopic (exact) mass is 349 g/mol. The lowest BCUT2D eigenvalue weighted by molar-refractivity contribution is -0.168. The highest BCUT2D eigenvalue weighted by Gasteiger charge is 2.38. The van der Waals surface area contributed by atoms with Crippen LogP contribution >= 0.6 is 0 Å². The fraction of sp³-hybridized carbons (Fsp3) is 0.0556. The summed E-state index contributed by atoms with van der Waals surface area (Å²) in [5.41, 5.74) is 1.09. The number of nitrogens with zero attached hydrogens (tertiary/aromatic N) is 3. The van der Waals surface area contributed by atoms with E-state index in [0.29, 0.717) is 10.6 Å². The van der Waals surface area contributed by atoms with Crippen LogP contribution in [0.4, 0.5) is 0 Å². The maximum Gasteiger partial charge on any atom is 0.342 e. The maximum atomic E-state index is 12.2. The van der Waals surface area contributed by atoms with Crippen molar-refractivity contribution in [3.63, 3.8) is 0 Å². The van der Waals surface area contributed by atoms with Crippen molar-refractivity contribution in [3.8, 4) is 11.5 Å². The first-order valence-corrected chi connectivity index (χ1v) is 7.70. The lowest BCUT2D eigenvalue weighted by Crippen LogP contribution is -2.33. The molecule has 8 heteroatoms. The topological polar surface area (TPSA) is 103 Å². The van der Waals surface area contributed by atoms with Gasteiger partial charge in [0.25, 0.3) is 11.8 Å². The largest absolute Gasteiger partial charge is 0.420 e. The molecule has 3 aromatic rings. The first-order chi connectivity index (χ1) is 12.6. The molecule has 1 aliphatic heterocycles. The number of amides is 2. The Morgan fingerprint density at radius 2 is 1.54 bits per heavy atom. The van der Waals surface area contributed by atoms with Crippen LogP contribution in [-0.2, 0) is 16.1 Å². The van der Waals surface area contributed by atoms with Crippen LogP contribution in [-0.4, -0.2) is 33.0 Å². The zero-order valence-corrected chi connectivity index (χ0v) is 13.3. The molecule has 0 spiro atoms. The first kappa shape index (κ1) is 15.7. The number of hydrogen-bond donors (Lipinski definition) is 0. The number of benzene rings is 2. The van der Waals surface area contributed by atoms with Gasteiger partial charge in [0.15, 0.2) is 0 Å². The van der Waals surface area contributed by atoms with Gasteiger partial charge in [-0.3, -0.25) is 9.59 Å². The Hall–Kier alpha value is -3.81. The third-order valence-electron chi connectivity index (χ3n) is 3.73. The molecule has 1 aromatic heterocycles. The predicted octanol–water partition coefficient (Wildman–Crippen LogP) is 2.03. The van der Waals surface area contributed by atoms with E-state index in [2.05, 4.69) is 10.2 Å². The Kier molecular flexibility index (Phi) is 3.77. The third kappa shape index (κ3) is 2.73. The summed E-state index contributed by atoms with van der Waals surface area (Å²) in [4.78, 5) is 41.3. The molecule has 0 N–H and O–H groups in total. The Morgan fingerprint density at radius 1 is 0.923 bits per heavy atom. The molecule has 0 fully saturated rings. The number of rotatable bonds is 4. The van der Waals surface area contributed by atoms with E-state index in [0.717, 1.165) is 0 Å². The molecule has 2 amide bonds. The van der Waals surface area contributed by atoms with E-state index in [4.69, 9.17) is 9.25 Å². The van der Waals surface area contributed by atoms with E-state index in [1.807, 2.05) is 18.2 Å². The van der Waals surface area contributed by atoms with Gasteiger partial charge in [0.1, 0.15) is 6.42 Å². The summed E-state index contributed by atoms with van der Waals surface area (Å²) in [5.74, 6) is -1.95. The minimum absolute atomic E-state index is 0.0189. The second-order valence-corrected chi connectivity index (χ2v) is 5.46. The number of hydrogen-bond acceptors (Lipinski definition) is 7. The maximum absolute atomic E-state index is 12.2. The van der Waals surface area contributed by atoms with Gasteiger partial charge in [-0.25, -0.2) is 4.79 Å². The summed E-state index contributed by atoms with van der Waals surface area (Å²) in [6.07, 6.45) is -0.368. The minimum Gasteiger partial charge on any atom is -0.420 e. The fourth-order valence-corrected chi connectivity index (χ4v) is 2.53. The molecule has 0 atom stereocenters. The van der Waals surface area contributed by atoms with Gasteiger partial charge in [0.05, 0.1) is 11.1 Å². The summed E-state index contributed by atoms with van der Waals surface area (Å²) in [6, 6.07) is 15.3. The molecule has 0 radical (unpaired) electrons. The first-order valence-electron chi connectivity index (χ1n) is 7.70. The zero-order chi connectivity index (χ0) is 18.1. The van der Waals surface area contributed by atoms with Gasteiger partial charge < -0.3 is 9.25 Å². The molecule has 0 bridgehead atoms. The molecule has 0 saturated heterocycles. The van der Waals surface area contributed by atoms with Crippen LogP contribution in [0.25, 0.3) is 11.5 Å². The Bertz CT molecular complexity index is 977. The molecular formula is C18H11N3O5. The summed E-state index contributed by atoms with van der Waals surface area (Å²) in [5, 5.41) is 8.09. The van der Waals surface area contributed by atoms with Crippen LogP contribution in [0.3, 0.4) is 0 Å². The number of carbonyl (C=O) groups is 3. The molecule has 0 saturated carbocycles. The van der Waals surface area contributed by atoms with Crippen molar-refractivity contribution in [1.29, 1.82) is 0 Å². The molecule has 4 rings (SSSR count). The molecule has 2 aromatic carbocycles. The van der Waals surface area contributed by atoms with Gasteiger partial charge in [0.2, 0.25) is 11.8 Å². The molecule has 26 heavy (non-hydrogen) atoms. The number of carbonyl (C=O) groups excluding carboxylic acids is 3. The van der Waals surface area contributed by atoms with Crippen LogP contribution in [0.2, 0.25) is 0 Å². The SMILES string of the molecule is O=C(Cc1nnc(-c2ccccc2)o1)ON1C(=O)c2ccccc2C1=O. The second-order valence-electron chi connectivity index (χ2n) is 5.46. The van der Waals surface area contributed by atoms with Crippen LogP contribution in [0.5, 0.6) is 0 Å². The third-order valence-corrected chi connectivity index (χ3v) is 3.73. The van der Waals surface area contributed by atoms with Gasteiger partial charge >= 0.3 is 5.97 Å². The van der Waals surface area contributed by atoms with Crippen molar-refractivity contribution in [3.05, 3.63) is 71.6 Å². The molecule has 8 nitrogen and oxygen atoms in total. The number of hydroxylamine groups is 2. The average molecular weight is 349 g/mol. The van der Waals surface area contributed by atoms with Crippen molar-refractivity contribution in [1.82, 2.24) is 15.3 Å². The van der Waals surface area contributed by atoms with Gasteiger partial charge in [0, 0.05) is 5.56 Å². The summed E-state index contributed by atoms with van der Waals surface area (Å²) < 4.78 is 5.41. The summed E-state index contributed by atoms with van der Waals surface area (Å²) in [6.45, 7) is 0. The normalized spacial score (nSPS) is 13.0. The van der Waals surface area contributed by atoms with Crippen LogP contribution in [0.15, 0.2) is 59.0 Å². The van der Waals surface area contributed by atoms with Crippen molar-refractivity contribution < 1.29 is 23.6 Å². The molecule has 0 aliphatic carbocycles. The van der Waals surface area contributed by atoms with E-state index in [9.17, 15) is 14.4 Å². The lowest BCUT2D eigenvalue weighted by Gasteiger charge is -2.11. The molecule has 1 aliphatic rings. The van der Waals surface area contributed by atoms with Crippen molar-refractivity contribution in [2.24, 2.45) is 0 Å². The Balaban J connectivity index is 1.45. The van der Waals surface area contributed by atoms with Gasteiger partial charge in [-0.05, 0) is 24.3 Å². The highest BCUT2D eigenvalue weighted by atomic mass is 16.7. The van der Waals surface area contributed by atoms with E-state index >= 15 is 0 Å². The molecular weight excluding hydrogens is 338 g/mol. The van der Waals surface area contributed by atoms with E-state index in [1.54, 1.807) is 24.3 Å². The second kappa shape index (κ2) is 6.25. The highest BCUT2D eigenvalue weighted by molar-refractivity contribution is 6.20. The standard InChI is InChI=1S/C18H11N3O5/c22-15(10-14-19-20-16(25-14)11-6-2-1-3-7-11)26-21-17(23)12-8-4-5-9-13(12)18(21)24/h1-9H,10H2. The predicted molar refractivity (Wildman–Crippen MR) is 86.5 cm³/mol. The van der Waals surface area contributed by atoms with E-state index in [1.165, 1.54) is 12.1 Å². The smallest absolute Gasteiger partial charge is 0.342 e. The molecule has 128 valence electrons. The Labute approximate surface area is 147 Å². The quantitative estimate of drug-likeness (QED) is 0.664. The van der Waals surface area contributed by atoms with Gasteiger partial charge in [-0.2, -0.15) is 0 Å². The van der Waals surface area contributed by atoms with Gasteiger partial charge in [-0.15, -0.1) is 10.2 Å². The van der Waals surface area contributed by atoms with E-state index in [-0.39, 0.29) is 29.3 Å². The average Bonchev–Trinajstić information content (AvgIpc) is 3.22. The fourth-order valence-electron chi connectivity index (χ4n) is 2.53. The minimum atomic E-state index is -0.859. The van der Waals surface area contributed by atoms with Crippen LogP contribution in [0.1, 0.15) is 26.6 Å². The lowest BCUT2D eigenvalue weighted by atomic mass is 10.1. The number of aromatic nitrogens is 2. The summed E-state index contributed by atoms with van der Waals surface area (Å²) >= 11 is 0. The number of imide groups is 1. The van der Waals surface area contributed by atoms with Crippen molar-refractivity contribution in [2.75, 3.05) is 0 Å². The zero-order valence-electron chi connectivity index (χ0n) is 13.3. The van der Waals surface area contributed by atoms with Crippen LogP contribution < -0.4 is 0 Å². The summed E-state index contributed by atoms with van der Waals surface area (Å²) in [7, 11) is 0. The molecule has 0 unspecified atom stereocenters. The highest BCUT2D eigenvalue weighted by Crippen LogP contribution is 2.23. The van der Waals surface area contributed by atoms with E-state index < -0.39 is 17.8 Å². The molecule has 2 heterocycles. The number of fused-ring (bicyclic) bond motifs is 1. The Morgan fingerprint density at radius 3 is 2.19 bits per heavy atom. The van der Waals surface area contributed by atoms with Crippen LogP contribution in [0, 0.1) is 0 Å². The van der Waals surface area contributed by atoms with Crippen molar-refractivity contribution in [2.45, 2.75) is 6.42 Å². The van der Waals surface area contributed by atoms with Gasteiger partial charge in [-0.1, -0.05) is 35.4 Å². The van der Waals surface area contributed by atoms with Crippen molar-refractivity contribution >= 4 is 17.8 Å².